The van der Waals surface area contributed by atoms with Crippen LogP contribution in [0.3, 0.4) is 0 Å². The first-order valence-electron chi connectivity index (χ1n) is 7.38. The molecule has 9 heteroatoms. The van der Waals surface area contributed by atoms with E-state index in [0.29, 0.717) is 18.9 Å². The van der Waals surface area contributed by atoms with Crippen LogP contribution in [0.15, 0.2) is 47.4 Å². The van der Waals surface area contributed by atoms with Gasteiger partial charge in [-0.3, -0.25) is 0 Å². The van der Waals surface area contributed by atoms with Gasteiger partial charge < -0.3 is 8.98 Å². The molecule has 140 valence electrons. The van der Waals surface area contributed by atoms with Gasteiger partial charge in [0, 0.05) is 11.4 Å². The Kier molecular flexibility index (Phi) is 5.98. The number of hydrogen-bond donors (Lipinski definition) is 0. The van der Waals surface area contributed by atoms with Crippen LogP contribution in [-0.4, -0.2) is 14.2 Å². The molecule has 26 heavy (non-hydrogen) atoms. The molecule has 0 aliphatic carbocycles. The van der Waals surface area contributed by atoms with Gasteiger partial charge in [-0.25, -0.2) is 0 Å². The van der Waals surface area contributed by atoms with Crippen molar-refractivity contribution in [2.45, 2.75) is 30.8 Å². The number of Topliss-reactive ketones (excluding diaryl/α,β-unsaturated/α-hetero) is 1. The zero-order valence-electron chi connectivity index (χ0n) is 13.5. The lowest BCUT2D eigenvalue weighted by Gasteiger charge is -2.14. The van der Waals surface area contributed by atoms with Crippen LogP contribution < -0.4 is 4.18 Å². The zero-order valence-corrected chi connectivity index (χ0v) is 15.1. The summed E-state index contributed by atoms with van der Waals surface area (Å²) in [6, 6.07) is 8.04. The average molecular weight is 407 g/mol. The maximum absolute atomic E-state index is 13.1. The highest BCUT2D eigenvalue weighted by molar-refractivity contribution is 7.87. The fourth-order valence-corrected chi connectivity index (χ4v) is 3.45. The molecule has 0 bridgehead atoms. The quantitative estimate of drug-likeness (QED) is 0.655. The van der Waals surface area contributed by atoms with Crippen LogP contribution in [0.25, 0.3) is 0 Å². The van der Waals surface area contributed by atoms with Gasteiger partial charge in [0.2, 0.25) is 0 Å². The molecule has 0 saturated carbocycles. The second kappa shape index (κ2) is 7.67. The number of carbonyl (C=O) groups is 1. The topological polar surface area (TPSA) is 60.4 Å². The number of alkyl halides is 3. The molecule has 0 atom stereocenters. The van der Waals surface area contributed by atoms with E-state index in [1.54, 1.807) is 12.1 Å². The number of benzene rings is 2. The maximum atomic E-state index is 13.1. The molecular formula is C17H14ClF3O4S. The molecule has 0 aliphatic rings. The fraction of sp³-hybridized carbons (Fsp3) is 0.235. The predicted molar refractivity (Wildman–Crippen MR) is 89.7 cm³/mol. The summed E-state index contributed by atoms with van der Waals surface area (Å²) in [6.07, 6.45) is -4.11. The Morgan fingerprint density at radius 2 is 1.73 bits per heavy atom. The van der Waals surface area contributed by atoms with Crippen molar-refractivity contribution >= 4 is 27.5 Å². The number of rotatable bonds is 6. The summed E-state index contributed by atoms with van der Waals surface area (Å²) in [6.45, 7) is 1.45. The van der Waals surface area contributed by atoms with Gasteiger partial charge in [0.05, 0.1) is 5.56 Å². The molecule has 0 aliphatic heterocycles. The van der Waals surface area contributed by atoms with Crippen LogP contribution in [0.5, 0.6) is 5.75 Å². The summed E-state index contributed by atoms with van der Waals surface area (Å²) < 4.78 is 68.6. The van der Waals surface area contributed by atoms with Crippen LogP contribution in [0.2, 0.25) is 5.02 Å². The Bertz CT molecular complexity index is 907. The summed E-state index contributed by atoms with van der Waals surface area (Å²) in [5, 5.41) is -0.244. The number of hydrogen-bond acceptors (Lipinski definition) is 4. The van der Waals surface area contributed by atoms with E-state index in [4.69, 9.17) is 15.8 Å². The minimum Gasteiger partial charge on any atom is -0.379 e. The summed E-state index contributed by atoms with van der Waals surface area (Å²) >= 11 is 5.54. The van der Waals surface area contributed by atoms with Gasteiger partial charge in [-0.1, -0.05) is 23.7 Å². The molecule has 4 nitrogen and oxygen atoms in total. The van der Waals surface area contributed by atoms with Crippen molar-refractivity contribution in [1.29, 1.82) is 0 Å². The summed E-state index contributed by atoms with van der Waals surface area (Å²) in [4.78, 5) is 9.94. The molecule has 0 N–H and O–H groups in total. The molecule has 0 amide bonds. The number of halogens is 4. The minimum absolute atomic E-state index is 0.00956. The summed E-state index contributed by atoms with van der Waals surface area (Å²) in [5.41, 5.74) is -0.629. The van der Waals surface area contributed by atoms with Gasteiger partial charge in [0.15, 0.2) is 0 Å². The van der Waals surface area contributed by atoms with Crippen molar-refractivity contribution in [3.05, 3.63) is 58.6 Å². The first kappa shape index (κ1) is 20.3. The normalized spacial score (nSPS) is 12.0. The second-order valence-corrected chi connectivity index (χ2v) is 7.47. The Hall–Kier alpha value is -2.06. The molecule has 2 aromatic carbocycles. The van der Waals surface area contributed by atoms with E-state index < -0.39 is 26.8 Å². The molecule has 0 spiro atoms. The lowest BCUT2D eigenvalue weighted by Crippen LogP contribution is -2.17. The third kappa shape index (κ3) is 5.22. The van der Waals surface area contributed by atoms with Crippen LogP contribution in [0.4, 0.5) is 13.2 Å². The van der Waals surface area contributed by atoms with Crippen molar-refractivity contribution in [3.63, 3.8) is 0 Å². The van der Waals surface area contributed by atoms with E-state index in [1.807, 2.05) is 0 Å². The Morgan fingerprint density at radius 1 is 1.12 bits per heavy atom. The molecule has 0 aromatic heterocycles. The van der Waals surface area contributed by atoms with E-state index >= 15 is 0 Å². The van der Waals surface area contributed by atoms with Gasteiger partial charge in [-0.2, -0.15) is 21.6 Å². The third-order valence-electron chi connectivity index (χ3n) is 3.41. The monoisotopic (exact) mass is 406 g/mol. The van der Waals surface area contributed by atoms with E-state index in [0.717, 1.165) is 17.7 Å². The molecule has 0 radical (unpaired) electrons. The van der Waals surface area contributed by atoms with Gasteiger partial charge in [0.1, 0.15) is 16.4 Å². The zero-order chi connectivity index (χ0) is 19.5. The van der Waals surface area contributed by atoms with Crippen LogP contribution in [0, 0.1) is 0 Å². The minimum atomic E-state index is -4.91. The largest absolute Gasteiger partial charge is 0.417 e. The molecule has 0 fully saturated rings. The first-order chi connectivity index (χ1) is 12.0. The van der Waals surface area contributed by atoms with E-state index in [-0.39, 0.29) is 16.6 Å². The lowest BCUT2D eigenvalue weighted by molar-refractivity contribution is -0.140. The average Bonchev–Trinajstić information content (AvgIpc) is 2.52. The van der Waals surface area contributed by atoms with Gasteiger partial charge in [-0.05, 0) is 49.2 Å². The molecule has 0 heterocycles. The SMILES string of the molecule is CC(=O)CCc1ccc(OS(=O)(=O)c2ccc(Cl)cc2C(F)(F)F)cc1. The van der Waals surface area contributed by atoms with Crippen molar-refractivity contribution in [1.82, 2.24) is 0 Å². The highest BCUT2D eigenvalue weighted by Gasteiger charge is 2.38. The van der Waals surface area contributed by atoms with Crippen LogP contribution >= 0.6 is 11.6 Å². The highest BCUT2D eigenvalue weighted by Crippen LogP contribution is 2.36. The highest BCUT2D eigenvalue weighted by atomic mass is 35.5. The van der Waals surface area contributed by atoms with Crippen molar-refractivity contribution in [3.8, 4) is 5.75 Å². The Morgan fingerprint density at radius 3 is 2.27 bits per heavy atom. The fourth-order valence-electron chi connectivity index (χ4n) is 2.15. The van der Waals surface area contributed by atoms with Crippen LogP contribution in [-0.2, 0) is 27.5 Å². The molecule has 0 saturated heterocycles. The second-order valence-electron chi connectivity index (χ2n) is 5.52. The van der Waals surface area contributed by atoms with Gasteiger partial charge >= 0.3 is 16.3 Å². The van der Waals surface area contributed by atoms with Crippen LogP contribution in [0.1, 0.15) is 24.5 Å². The third-order valence-corrected chi connectivity index (χ3v) is 4.95. The van der Waals surface area contributed by atoms with Crippen molar-refractivity contribution in [2.24, 2.45) is 0 Å². The molecule has 2 aromatic rings. The number of carbonyl (C=O) groups excluding carboxylic acids is 1. The molecular weight excluding hydrogens is 393 g/mol. The predicted octanol–water partition coefficient (Wildman–Crippen LogP) is 4.65. The number of ketones is 1. The van der Waals surface area contributed by atoms with Gasteiger partial charge in [0.25, 0.3) is 0 Å². The molecule has 2 rings (SSSR count). The van der Waals surface area contributed by atoms with Crippen molar-refractivity contribution < 1.29 is 30.6 Å². The first-order valence-corrected chi connectivity index (χ1v) is 9.17. The van der Waals surface area contributed by atoms with Gasteiger partial charge in [-0.15, -0.1) is 0 Å². The van der Waals surface area contributed by atoms with Crippen molar-refractivity contribution in [2.75, 3.05) is 0 Å². The van der Waals surface area contributed by atoms with E-state index in [9.17, 15) is 26.4 Å². The lowest BCUT2D eigenvalue weighted by atomic mass is 10.1. The summed E-state index contributed by atoms with van der Waals surface area (Å²) in [7, 11) is -4.72. The summed E-state index contributed by atoms with van der Waals surface area (Å²) in [5.74, 6) is -0.130. The Labute approximate surface area is 153 Å². The number of aryl methyl sites for hydroxylation is 1. The molecule has 0 unspecified atom stereocenters. The maximum Gasteiger partial charge on any atom is 0.417 e. The van der Waals surface area contributed by atoms with E-state index in [1.165, 1.54) is 19.1 Å². The Balaban J connectivity index is 2.28. The smallest absolute Gasteiger partial charge is 0.379 e. The van der Waals surface area contributed by atoms with E-state index in [2.05, 4.69) is 0 Å². The standard InChI is InChI=1S/C17H14ClF3O4S/c1-11(22)2-3-12-4-7-14(8-5-12)25-26(23,24)16-9-6-13(18)10-15(16)17(19,20)21/h4-10H,2-3H2,1H3.